The zero-order valence-corrected chi connectivity index (χ0v) is 13.4. The molecule has 0 bridgehead atoms. The predicted octanol–water partition coefficient (Wildman–Crippen LogP) is 4.26. The lowest BCUT2D eigenvalue weighted by Gasteiger charge is -2.09. The van der Waals surface area contributed by atoms with Crippen LogP contribution in [0.15, 0.2) is 30.6 Å². The molecular formula is C15H18Cl2N4. The molecule has 21 heavy (non-hydrogen) atoms. The first kappa shape index (κ1) is 15.9. The third kappa shape index (κ3) is 5.06. The van der Waals surface area contributed by atoms with E-state index < -0.39 is 0 Å². The van der Waals surface area contributed by atoms with Gasteiger partial charge in [-0.1, -0.05) is 36.2 Å². The van der Waals surface area contributed by atoms with Crippen molar-refractivity contribution in [3.63, 3.8) is 0 Å². The van der Waals surface area contributed by atoms with Crippen molar-refractivity contribution >= 4 is 34.8 Å². The number of nitrogens with one attached hydrogen (secondary N) is 2. The molecule has 0 aliphatic rings. The van der Waals surface area contributed by atoms with Crippen molar-refractivity contribution in [2.24, 2.45) is 0 Å². The lowest BCUT2D eigenvalue weighted by molar-refractivity contribution is 0.958. The van der Waals surface area contributed by atoms with E-state index in [1.807, 2.05) is 12.1 Å². The van der Waals surface area contributed by atoms with Gasteiger partial charge in [-0.3, -0.25) is 4.98 Å². The van der Waals surface area contributed by atoms with Crippen LogP contribution in [0.4, 0.5) is 11.6 Å². The minimum atomic E-state index is 0.650. The van der Waals surface area contributed by atoms with Crippen molar-refractivity contribution in [1.82, 2.24) is 9.97 Å². The maximum atomic E-state index is 6.14. The van der Waals surface area contributed by atoms with Crippen molar-refractivity contribution in [1.29, 1.82) is 0 Å². The summed E-state index contributed by atoms with van der Waals surface area (Å²) in [5.74, 6) is 1.53. The molecule has 0 saturated carbocycles. The van der Waals surface area contributed by atoms with Gasteiger partial charge < -0.3 is 10.6 Å². The average molecular weight is 325 g/mol. The first-order chi connectivity index (χ1) is 10.2. The summed E-state index contributed by atoms with van der Waals surface area (Å²) in [6.07, 6.45) is 5.27. The van der Waals surface area contributed by atoms with Crippen LogP contribution in [-0.4, -0.2) is 23.1 Å². The lowest BCUT2D eigenvalue weighted by atomic mass is 10.1. The Hall–Kier alpha value is -1.52. The first-order valence-electron chi connectivity index (χ1n) is 6.92. The molecule has 1 aromatic carbocycles. The van der Waals surface area contributed by atoms with E-state index in [1.54, 1.807) is 18.5 Å². The summed E-state index contributed by atoms with van der Waals surface area (Å²) in [4.78, 5) is 8.60. The number of hydrogen-bond donors (Lipinski definition) is 2. The molecule has 0 aliphatic carbocycles. The van der Waals surface area contributed by atoms with Crippen LogP contribution in [0.2, 0.25) is 10.0 Å². The summed E-state index contributed by atoms with van der Waals surface area (Å²) in [6.45, 7) is 3.73. The summed E-state index contributed by atoms with van der Waals surface area (Å²) in [5, 5.41) is 7.79. The number of aromatic nitrogens is 2. The van der Waals surface area contributed by atoms with Gasteiger partial charge in [0.15, 0.2) is 0 Å². The highest BCUT2D eigenvalue weighted by molar-refractivity contribution is 6.35. The fraction of sp³-hybridized carbons (Fsp3) is 0.333. The molecule has 1 heterocycles. The molecule has 6 heteroatoms. The Bertz CT molecular complexity index is 590. The summed E-state index contributed by atoms with van der Waals surface area (Å²) in [5.41, 5.74) is 1.06. The Labute approximate surface area is 134 Å². The second-order valence-corrected chi connectivity index (χ2v) is 5.47. The van der Waals surface area contributed by atoms with E-state index in [9.17, 15) is 0 Å². The van der Waals surface area contributed by atoms with Crippen molar-refractivity contribution in [3.8, 4) is 0 Å². The van der Waals surface area contributed by atoms with Gasteiger partial charge >= 0.3 is 0 Å². The van der Waals surface area contributed by atoms with Gasteiger partial charge in [0.05, 0.1) is 12.4 Å². The summed E-state index contributed by atoms with van der Waals surface area (Å²) in [7, 11) is 0. The number of rotatable bonds is 7. The summed E-state index contributed by atoms with van der Waals surface area (Å²) in [6, 6.07) is 5.54. The van der Waals surface area contributed by atoms with Gasteiger partial charge in [-0.15, -0.1) is 0 Å². The second-order valence-electron chi connectivity index (χ2n) is 4.63. The van der Waals surface area contributed by atoms with E-state index >= 15 is 0 Å². The fourth-order valence-electron chi connectivity index (χ4n) is 1.84. The molecule has 0 saturated heterocycles. The van der Waals surface area contributed by atoms with E-state index in [1.165, 1.54) is 0 Å². The average Bonchev–Trinajstić information content (AvgIpc) is 2.48. The third-order valence-corrected chi connectivity index (χ3v) is 3.49. The van der Waals surface area contributed by atoms with Crippen LogP contribution in [0.5, 0.6) is 0 Å². The van der Waals surface area contributed by atoms with Gasteiger partial charge in [0.2, 0.25) is 0 Å². The number of nitrogens with zero attached hydrogens (tertiary/aromatic N) is 2. The topological polar surface area (TPSA) is 49.8 Å². The Balaban J connectivity index is 1.88. The molecule has 0 amide bonds. The minimum Gasteiger partial charge on any atom is -0.369 e. The molecule has 2 rings (SSSR count). The van der Waals surface area contributed by atoms with Crippen LogP contribution in [0.25, 0.3) is 0 Å². The summed E-state index contributed by atoms with van der Waals surface area (Å²) >= 11 is 12.0. The van der Waals surface area contributed by atoms with Crippen molar-refractivity contribution < 1.29 is 0 Å². The molecule has 1 aromatic heterocycles. The van der Waals surface area contributed by atoms with Gasteiger partial charge in [0.25, 0.3) is 0 Å². The maximum Gasteiger partial charge on any atom is 0.146 e. The Kier molecular flexibility index (Phi) is 6.08. The minimum absolute atomic E-state index is 0.650. The predicted molar refractivity (Wildman–Crippen MR) is 89.5 cm³/mol. The van der Waals surface area contributed by atoms with Crippen LogP contribution in [-0.2, 0) is 6.42 Å². The molecular weight excluding hydrogens is 307 g/mol. The van der Waals surface area contributed by atoms with Crippen LogP contribution in [0, 0.1) is 0 Å². The zero-order chi connectivity index (χ0) is 15.1. The second kappa shape index (κ2) is 8.05. The molecule has 0 unspecified atom stereocenters. The number of hydrogen-bond acceptors (Lipinski definition) is 4. The van der Waals surface area contributed by atoms with Crippen LogP contribution < -0.4 is 10.6 Å². The maximum absolute atomic E-state index is 6.14. The van der Waals surface area contributed by atoms with E-state index in [4.69, 9.17) is 23.2 Å². The molecule has 2 aromatic rings. The molecule has 0 aliphatic heterocycles. The van der Waals surface area contributed by atoms with Crippen LogP contribution >= 0.6 is 23.2 Å². The normalized spacial score (nSPS) is 10.4. The first-order valence-corrected chi connectivity index (χ1v) is 7.68. The van der Waals surface area contributed by atoms with Gasteiger partial charge in [-0.2, -0.15) is 0 Å². The molecule has 0 fully saturated rings. The van der Waals surface area contributed by atoms with Gasteiger partial charge in [0.1, 0.15) is 11.6 Å². The highest BCUT2D eigenvalue weighted by Crippen LogP contribution is 2.21. The molecule has 2 N–H and O–H groups in total. The number of halogens is 2. The van der Waals surface area contributed by atoms with Crippen molar-refractivity contribution in [2.75, 3.05) is 23.7 Å². The van der Waals surface area contributed by atoms with Gasteiger partial charge in [-0.05, 0) is 30.5 Å². The molecule has 0 spiro atoms. The quantitative estimate of drug-likeness (QED) is 0.798. The molecule has 112 valence electrons. The van der Waals surface area contributed by atoms with Crippen LogP contribution in [0.1, 0.15) is 18.9 Å². The van der Waals surface area contributed by atoms with Crippen LogP contribution in [0.3, 0.4) is 0 Å². The SMILES string of the molecule is CCCNc1cncc(NCCc2ccc(Cl)cc2Cl)n1. The fourth-order valence-corrected chi connectivity index (χ4v) is 2.34. The van der Waals surface area contributed by atoms with Crippen molar-refractivity contribution in [3.05, 3.63) is 46.2 Å². The largest absolute Gasteiger partial charge is 0.369 e. The molecule has 4 nitrogen and oxygen atoms in total. The highest BCUT2D eigenvalue weighted by atomic mass is 35.5. The van der Waals surface area contributed by atoms with E-state index in [-0.39, 0.29) is 0 Å². The zero-order valence-electron chi connectivity index (χ0n) is 11.9. The Morgan fingerprint density at radius 2 is 1.76 bits per heavy atom. The summed E-state index contributed by atoms with van der Waals surface area (Å²) < 4.78 is 0. The number of benzene rings is 1. The Morgan fingerprint density at radius 3 is 2.43 bits per heavy atom. The van der Waals surface area contributed by atoms with E-state index in [0.29, 0.717) is 10.0 Å². The third-order valence-electron chi connectivity index (χ3n) is 2.91. The molecule has 0 atom stereocenters. The lowest BCUT2D eigenvalue weighted by Crippen LogP contribution is -2.09. The van der Waals surface area contributed by atoms with Gasteiger partial charge in [-0.25, -0.2) is 4.98 Å². The van der Waals surface area contributed by atoms with Crippen molar-refractivity contribution in [2.45, 2.75) is 19.8 Å². The Morgan fingerprint density at radius 1 is 1.05 bits per heavy atom. The standard InChI is InChI=1S/C15H18Cl2N4/c1-2-6-19-14-9-18-10-15(21-14)20-7-5-11-3-4-12(16)8-13(11)17/h3-4,8-10H,2,5-7H2,1H3,(H2,19,20,21). The monoisotopic (exact) mass is 324 g/mol. The number of anilines is 2. The van der Waals surface area contributed by atoms with Gasteiger partial charge in [0, 0.05) is 23.1 Å². The van der Waals surface area contributed by atoms with E-state index in [2.05, 4.69) is 27.5 Å². The van der Waals surface area contributed by atoms with E-state index in [0.717, 1.165) is 43.1 Å². The molecule has 0 radical (unpaired) electrons. The smallest absolute Gasteiger partial charge is 0.146 e. The highest BCUT2D eigenvalue weighted by Gasteiger charge is 2.02.